The summed E-state index contributed by atoms with van der Waals surface area (Å²) in [5.41, 5.74) is 1.56. The Morgan fingerprint density at radius 3 is 1.91 bits per heavy atom. The summed E-state index contributed by atoms with van der Waals surface area (Å²) in [7, 11) is 3.17. The van der Waals surface area contributed by atoms with Gasteiger partial charge in [0, 0.05) is 76.4 Å². The van der Waals surface area contributed by atoms with Crippen LogP contribution in [0.5, 0.6) is 11.5 Å². The van der Waals surface area contributed by atoms with Crippen molar-refractivity contribution < 1.29 is 38.1 Å². The molecule has 56 heavy (non-hydrogen) atoms. The normalized spacial score (nSPS) is 15.4. The standard InChI is InChI=1S/C43H59N5O8/c1-31(2)48(41(51)34-19-20-37(54-7)38(23-34)55-22-14-21-53-6)27-35-26-47(42(52)56-43(3,4)5)28-36(35)46(29-39(49)44-24-32-15-10-8-11-16-32)30-40(50)45-25-33-17-12-9-13-18-33/h8-13,15-20,23,31,35-36H,14,21-22,24-30H2,1-7H3,(H,44,49)(H,45,50)/t35-,36+/m0/s1. The number of carbonyl (C=O) groups is 4. The number of carbonyl (C=O) groups excluding carboxylic acids is 4. The predicted molar refractivity (Wildman–Crippen MR) is 214 cm³/mol. The van der Waals surface area contributed by atoms with Crippen LogP contribution >= 0.6 is 0 Å². The van der Waals surface area contributed by atoms with Crippen molar-refractivity contribution in [2.75, 3.05) is 60.2 Å². The first-order valence-electron chi connectivity index (χ1n) is 19.2. The lowest BCUT2D eigenvalue weighted by atomic mass is 9.99. The van der Waals surface area contributed by atoms with Gasteiger partial charge in [-0.15, -0.1) is 0 Å². The van der Waals surface area contributed by atoms with Gasteiger partial charge in [-0.3, -0.25) is 19.3 Å². The summed E-state index contributed by atoms with van der Waals surface area (Å²) in [6.45, 7) is 11.3. The second kappa shape index (κ2) is 21.2. The second-order valence-corrected chi connectivity index (χ2v) is 15.3. The van der Waals surface area contributed by atoms with E-state index in [1.54, 1.807) is 63.0 Å². The maximum atomic E-state index is 14.3. The third-order valence-electron chi connectivity index (χ3n) is 9.36. The van der Waals surface area contributed by atoms with Gasteiger partial charge in [-0.05, 0) is 63.9 Å². The molecule has 1 heterocycles. The summed E-state index contributed by atoms with van der Waals surface area (Å²) >= 11 is 0. The highest BCUT2D eigenvalue weighted by molar-refractivity contribution is 5.95. The minimum absolute atomic E-state index is 0.104. The third kappa shape index (κ3) is 13.6. The van der Waals surface area contributed by atoms with Gasteiger partial charge in [-0.2, -0.15) is 0 Å². The largest absolute Gasteiger partial charge is 0.493 e. The average molecular weight is 774 g/mol. The molecule has 3 aromatic carbocycles. The zero-order valence-electron chi connectivity index (χ0n) is 33.9. The van der Waals surface area contributed by atoms with Crippen molar-refractivity contribution >= 4 is 23.8 Å². The molecule has 4 rings (SSSR count). The first kappa shape index (κ1) is 43.6. The molecule has 13 nitrogen and oxygen atoms in total. The van der Waals surface area contributed by atoms with Crippen molar-refractivity contribution in [1.29, 1.82) is 0 Å². The molecule has 13 heteroatoms. The van der Waals surface area contributed by atoms with Crippen LogP contribution in [0.25, 0.3) is 0 Å². The lowest BCUT2D eigenvalue weighted by molar-refractivity contribution is -0.126. The number of nitrogens with one attached hydrogen (secondary N) is 2. The molecule has 1 fully saturated rings. The van der Waals surface area contributed by atoms with Crippen LogP contribution < -0.4 is 20.1 Å². The first-order valence-corrected chi connectivity index (χ1v) is 19.2. The van der Waals surface area contributed by atoms with Gasteiger partial charge >= 0.3 is 6.09 Å². The Labute approximate surface area is 331 Å². The van der Waals surface area contributed by atoms with Crippen LogP contribution in [0.15, 0.2) is 78.9 Å². The zero-order valence-corrected chi connectivity index (χ0v) is 33.9. The van der Waals surface area contributed by atoms with Crippen LogP contribution in [0.3, 0.4) is 0 Å². The molecule has 0 saturated carbocycles. The van der Waals surface area contributed by atoms with Crippen LogP contribution in [-0.2, 0) is 32.2 Å². The van der Waals surface area contributed by atoms with Crippen molar-refractivity contribution in [3.8, 4) is 11.5 Å². The van der Waals surface area contributed by atoms with E-state index >= 15 is 0 Å². The highest BCUT2D eigenvalue weighted by Crippen LogP contribution is 2.31. The van der Waals surface area contributed by atoms with E-state index in [0.717, 1.165) is 11.1 Å². The molecule has 2 atom stereocenters. The van der Waals surface area contributed by atoms with Crippen LogP contribution in [0.4, 0.5) is 4.79 Å². The fourth-order valence-corrected chi connectivity index (χ4v) is 6.54. The number of methoxy groups -OCH3 is 2. The average Bonchev–Trinajstić information content (AvgIpc) is 3.61. The summed E-state index contributed by atoms with van der Waals surface area (Å²) in [5, 5.41) is 5.98. The van der Waals surface area contributed by atoms with E-state index in [9.17, 15) is 19.2 Å². The molecule has 4 amide bonds. The molecule has 304 valence electrons. The number of hydrogen-bond acceptors (Lipinski definition) is 9. The van der Waals surface area contributed by atoms with Crippen LogP contribution in [-0.4, -0.2) is 116 Å². The molecule has 3 aromatic rings. The molecule has 0 spiro atoms. The van der Waals surface area contributed by atoms with Crippen LogP contribution in [0.1, 0.15) is 62.5 Å². The zero-order chi connectivity index (χ0) is 40.7. The van der Waals surface area contributed by atoms with Crippen molar-refractivity contribution in [1.82, 2.24) is 25.3 Å². The predicted octanol–water partition coefficient (Wildman–Crippen LogP) is 5.13. The van der Waals surface area contributed by atoms with Crippen molar-refractivity contribution in [3.63, 3.8) is 0 Å². The fourth-order valence-electron chi connectivity index (χ4n) is 6.54. The summed E-state index contributed by atoms with van der Waals surface area (Å²) in [4.78, 5) is 60.3. The quantitative estimate of drug-likeness (QED) is 0.159. The Bertz CT molecular complexity index is 1660. The molecule has 0 unspecified atom stereocenters. The summed E-state index contributed by atoms with van der Waals surface area (Å²) in [5.74, 6) is -0.167. The SMILES string of the molecule is COCCCOc1cc(C(=O)N(C[C@@H]2CN(C(=O)OC(C)(C)C)C[C@H]2N(CC(=O)NCc2ccccc2)CC(=O)NCc2ccccc2)C(C)C)ccc1OC. The van der Waals surface area contributed by atoms with Gasteiger partial charge in [-0.1, -0.05) is 60.7 Å². The highest BCUT2D eigenvalue weighted by Gasteiger charge is 2.43. The Kier molecular flexibility index (Phi) is 16.5. The Hall–Kier alpha value is -5.14. The van der Waals surface area contributed by atoms with Gasteiger partial charge in [0.15, 0.2) is 11.5 Å². The number of nitrogens with zero attached hydrogens (tertiary/aromatic N) is 3. The van der Waals surface area contributed by atoms with E-state index in [-0.39, 0.29) is 62.4 Å². The Morgan fingerprint density at radius 1 is 0.804 bits per heavy atom. The second-order valence-electron chi connectivity index (χ2n) is 15.3. The Balaban J connectivity index is 1.63. The molecule has 0 aromatic heterocycles. The highest BCUT2D eigenvalue weighted by atomic mass is 16.6. The van der Waals surface area contributed by atoms with E-state index in [0.29, 0.717) is 49.8 Å². The minimum Gasteiger partial charge on any atom is -0.493 e. The fraction of sp³-hybridized carbons (Fsp3) is 0.488. The Morgan fingerprint density at radius 2 is 1.39 bits per heavy atom. The third-order valence-corrected chi connectivity index (χ3v) is 9.36. The lowest BCUT2D eigenvalue weighted by Crippen LogP contribution is -2.52. The molecule has 0 bridgehead atoms. The van der Waals surface area contributed by atoms with Crippen LogP contribution in [0.2, 0.25) is 0 Å². The van der Waals surface area contributed by atoms with Crippen molar-refractivity contribution in [3.05, 3.63) is 95.6 Å². The maximum Gasteiger partial charge on any atom is 0.410 e. The minimum atomic E-state index is -0.739. The maximum absolute atomic E-state index is 14.3. The monoisotopic (exact) mass is 773 g/mol. The number of likely N-dealkylation sites (tertiary alicyclic amines) is 1. The van der Waals surface area contributed by atoms with E-state index < -0.39 is 17.7 Å². The number of amides is 4. The van der Waals surface area contributed by atoms with Crippen LogP contribution in [0, 0.1) is 5.92 Å². The van der Waals surface area contributed by atoms with Gasteiger partial charge in [-0.25, -0.2) is 4.79 Å². The smallest absolute Gasteiger partial charge is 0.410 e. The number of ether oxygens (including phenoxy) is 4. The van der Waals surface area contributed by atoms with E-state index in [1.165, 1.54) is 0 Å². The van der Waals surface area contributed by atoms with Gasteiger partial charge in [0.2, 0.25) is 11.8 Å². The van der Waals surface area contributed by atoms with E-state index in [4.69, 9.17) is 18.9 Å². The summed E-state index contributed by atoms with van der Waals surface area (Å²) in [6, 6.07) is 23.6. The molecule has 1 saturated heterocycles. The molecular formula is C43H59N5O8. The summed E-state index contributed by atoms with van der Waals surface area (Å²) in [6.07, 6.45) is 0.165. The van der Waals surface area contributed by atoms with E-state index in [1.807, 2.05) is 79.4 Å². The molecule has 1 aliphatic heterocycles. The molecule has 0 radical (unpaired) electrons. The first-order chi connectivity index (χ1) is 26.8. The van der Waals surface area contributed by atoms with Crippen molar-refractivity contribution in [2.45, 2.75) is 71.8 Å². The number of hydrogen-bond donors (Lipinski definition) is 2. The topological polar surface area (TPSA) is 139 Å². The summed E-state index contributed by atoms with van der Waals surface area (Å²) < 4.78 is 22.4. The number of benzene rings is 3. The molecular weight excluding hydrogens is 714 g/mol. The van der Waals surface area contributed by atoms with Gasteiger partial charge in [0.05, 0.1) is 26.8 Å². The lowest BCUT2D eigenvalue weighted by Gasteiger charge is -2.35. The van der Waals surface area contributed by atoms with Gasteiger partial charge < -0.3 is 39.4 Å². The number of rotatable bonds is 19. The molecule has 1 aliphatic rings. The molecule has 2 N–H and O–H groups in total. The van der Waals surface area contributed by atoms with E-state index in [2.05, 4.69) is 10.6 Å². The van der Waals surface area contributed by atoms with Gasteiger partial charge in [0.1, 0.15) is 5.60 Å². The van der Waals surface area contributed by atoms with Gasteiger partial charge in [0.25, 0.3) is 5.91 Å². The van der Waals surface area contributed by atoms with Crippen molar-refractivity contribution in [2.24, 2.45) is 5.92 Å². The molecule has 0 aliphatic carbocycles.